The zero-order valence-electron chi connectivity index (χ0n) is 19.5. The fourth-order valence-electron chi connectivity index (χ4n) is 4.95. The highest BCUT2D eigenvalue weighted by Gasteiger charge is 2.24. The predicted molar refractivity (Wildman–Crippen MR) is 119 cm³/mol. The Balaban J connectivity index is 2.29. The number of rotatable bonds is 12. The first kappa shape index (κ1) is 24.0. The maximum Gasteiger partial charge on any atom is 0.00673 e. The van der Waals surface area contributed by atoms with Crippen LogP contribution in [0.3, 0.4) is 0 Å². The zero-order valence-corrected chi connectivity index (χ0v) is 19.5. The summed E-state index contributed by atoms with van der Waals surface area (Å²) >= 11 is 0. The summed E-state index contributed by atoms with van der Waals surface area (Å²) in [6.45, 7) is 20.4. The molecule has 0 aromatic heterocycles. The summed E-state index contributed by atoms with van der Waals surface area (Å²) in [5.41, 5.74) is 0. The van der Waals surface area contributed by atoms with Gasteiger partial charge in [-0.15, -0.1) is 0 Å². The second-order valence-electron chi connectivity index (χ2n) is 11.0. The van der Waals surface area contributed by atoms with Gasteiger partial charge in [0.1, 0.15) is 0 Å². The molecule has 1 rings (SSSR count). The summed E-state index contributed by atoms with van der Waals surface area (Å²) in [4.78, 5) is 0. The Morgan fingerprint density at radius 1 is 0.692 bits per heavy atom. The van der Waals surface area contributed by atoms with E-state index in [0.717, 1.165) is 47.5 Å². The Kier molecular flexibility index (Phi) is 11.5. The number of nitrogens with one attached hydrogen (secondary N) is 1. The first-order valence-corrected chi connectivity index (χ1v) is 11.9. The highest BCUT2D eigenvalue weighted by Crippen LogP contribution is 2.33. The van der Waals surface area contributed by atoms with Crippen LogP contribution in [0.25, 0.3) is 0 Å². The van der Waals surface area contributed by atoms with E-state index in [1.165, 1.54) is 57.9 Å². The summed E-state index contributed by atoms with van der Waals surface area (Å²) < 4.78 is 0. The smallest absolute Gasteiger partial charge is 0.00673 e. The van der Waals surface area contributed by atoms with Crippen LogP contribution >= 0.6 is 0 Å². The fraction of sp³-hybridized carbons (Fsp3) is 1.00. The van der Waals surface area contributed by atoms with E-state index in [-0.39, 0.29) is 0 Å². The van der Waals surface area contributed by atoms with Crippen molar-refractivity contribution < 1.29 is 0 Å². The van der Waals surface area contributed by atoms with Crippen molar-refractivity contribution >= 4 is 0 Å². The maximum atomic E-state index is 3.94. The van der Waals surface area contributed by atoms with Gasteiger partial charge in [-0.25, -0.2) is 0 Å². The lowest BCUT2D eigenvalue weighted by molar-refractivity contribution is 0.220. The molecule has 156 valence electrons. The molecule has 1 aliphatic carbocycles. The molecule has 26 heavy (non-hydrogen) atoms. The molecule has 1 aliphatic rings. The molecular formula is C25H51N. The molecule has 0 aromatic rings. The average Bonchev–Trinajstić information content (AvgIpc) is 2.55. The monoisotopic (exact) mass is 365 g/mol. The van der Waals surface area contributed by atoms with Crippen molar-refractivity contribution in [3.63, 3.8) is 0 Å². The standard InChI is InChI=1S/C25H51N/c1-18(2)15-23(20(5)6)12-9-22-10-13-25(14-11-22)26-17-24(21(7)8)16-19(3)4/h18-26H,9-17H2,1-8H3. The number of hydrogen-bond acceptors (Lipinski definition) is 1. The van der Waals surface area contributed by atoms with Crippen LogP contribution in [0.2, 0.25) is 0 Å². The quantitative estimate of drug-likeness (QED) is 0.376. The molecule has 2 unspecified atom stereocenters. The van der Waals surface area contributed by atoms with Crippen LogP contribution in [0.15, 0.2) is 0 Å². The van der Waals surface area contributed by atoms with Gasteiger partial charge in [-0.2, -0.15) is 0 Å². The lowest BCUT2D eigenvalue weighted by atomic mass is 9.78. The van der Waals surface area contributed by atoms with E-state index in [1.54, 1.807) is 0 Å². The predicted octanol–water partition coefficient (Wildman–Crippen LogP) is 7.55. The highest BCUT2D eigenvalue weighted by atomic mass is 14.9. The second kappa shape index (κ2) is 12.4. The largest absolute Gasteiger partial charge is 0.314 e. The molecule has 0 radical (unpaired) electrons. The van der Waals surface area contributed by atoms with Crippen molar-refractivity contribution in [3.8, 4) is 0 Å². The van der Waals surface area contributed by atoms with Gasteiger partial charge in [0, 0.05) is 6.04 Å². The van der Waals surface area contributed by atoms with Gasteiger partial charge in [0.15, 0.2) is 0 Å². The third-order valence-electron chi connectivity index (χ3n) is 6.90. The van der Waals surface area contributed by atoms with Crippen molar-refractivity contribution in [3.05, 3.63) is 0 Å². The minimum atomic E-state index is 0.788. The van der Waals surface area contributed by atoms with Gasteiger partial charge in [0.05, 0.1) is 0 Å². The molecule has 0 bridgehead atoms. The third-order valence-corrected chi connectivity index (χ3v) is 6.90. The fourth-order valence-corrected chi connectivity index (χ4v) is 4.95. The molecule has 0 spiro atoms. The van der Waals surface area contributed by atoms with E-state index in [9.17, 15) is 0 Å². The van der Waals surface area contributed by atoms with Crippen molar-refractivity contribution in [2.45, 2.75) is 113 Å². The van der Waals surface area contributed by atoms with E-state index in [4.69, 9.17) is 0 Å². The van der Waals surface area contributed by atoms with Crippen LogP contribution in [0.4, 0.5) is 0 Å². The van der Waals surface area contributed by atoms with Gasteiger partial charge in [0.25, 0.3) is 0 Å². The van der Waals surface area contributed by atoms with Gasteiger partial charge in [-0.1, -0.05) is 61.8 Å². The molecule has 0 heterocycles. The Morgan fingerprint density at radius 2 is 1.19 bits per heavy atom. The van der Waals surface area contributed by atoms with E-state index in [0.29, 0.717) is 0 Å². The van der Waals surface area contributed by atoms with E-state index in [1.807, 2.05) is 0 Å². The lowest BCUT2D eigenvalue weighted by Gasteiger charge is -2.33. The SMILES string of the molecule is CC(C)CC(CCC1CCC(NCC(CC(C)C)C(C)C)CC1)C(C)C. The summed E-state index contributed by atoms with van der Waals surface area (Å²) in [6.07, 6.45) is 11.5. The highest BCUT2D eigenvalue weighted by molar-refractivity contribution is 4.80. The van der Waals surface area contributed by atoms with Gasteiger partial charge < -0.3 is 5.32 Å². The minimum absolute atomic E-state index is 0.788. The Morgan fingerprint density at radius 3 is 1.65 bits per heavy atom. The van der Waals surface area contributed by atoms with Gasteiger partial charge in [0.2, 0.25) is 0 Å². The van der Waals surface area contributed by atoms with E-state index >= 15 is 0 Å². The first-order valence-electron chi connectivity index (χ1n) is 11.9. The van der Waals surface area contributed by atoms with Crippen molar-refractivity contribution in [2.24, 2.45) is 41.4 Å². The van der Waals surface area contributed by atoms with Crippen LogP contribution in [-0.4, -0.2) is 12.6 Å². The molecule has 2 atom stereocenters. The van der Waals surface area contributed by atoms with Crippen LogP contribution in [0.5, 0.6) is 0 Å². The van der Waals surface area contributed by atoms with Gasteiger partial charge in [-0.05, 0) is 92.9 Å². The molecule has 0 saturated heterocycles. The summed E-state index contributed by atoms with van der Waals surface area (Å²) in [7, 11) is 0. The van der Waals surface area contributed by atoms with Crippen LogP contribution in [-0.2, 0) is 0 Å². The van der Waals surface area contributed by atoms with Gasteiger partial charge >= 0.3 is 0 Å². The molecule has 1 heteroatoms. The van der Waals surface area contributed by atoms with Crippen molar-refractivity contribution in [1.82, 2.24) is 5.32 Å². The maximum absolute atomic E-state index is 3.94. The molecule has 1 fully saturated rings. The zero-order chi connectivity index (χ0) is 19.7. The van der Waals surface area contributed by atoms with E-state index < -0.39 is 0 Å². The normalized spacial score (nSPS) is 24.0. The third kappa shape index (κ3) is 9.77. The molecule has 1 saturated carbocycles. The Bertz CT molecular complexity index is 302. The summed E-state index contributed by atoms with van der Waals surface area (Å²) in [6, 6.07) is 0.788. The second-order valence-corrected chi connectivity index (χ2v) is 11.0. The molecule has 0 aromatic carbocycles. The first-order chi connectivity index (χ1) is 12.2. The van der Waals surface area contributed by atoms with E-state index in [2.05, 4.69) is 60.7 Å². The average molecular weight is 366 g/mol. The van der Waals surface area contributed by atoms with Crippen molar-refractivity contribution in [1.29, 1.82) is 0 Å². The molecule has 0 aliphatic heterocycles. The molecule has 1 nitrogen and oxygen atoms in total. The molecular weight excluding hydrogens is 314 g/mol. The van der Waals surface area contributed by atoms with Crippen LogP contribution < -0.4 is 5.32 Å². The molecule has 0 amide bonds. The minimum Gasteiger partial charge on any atom is -0.314 e. The van der Waals surface area contributed by atoms with Crippen molar-refractivity contribution in [2.75, 3.05) is 6.54 Å². The van der Waals surface area contributed by atoms with Gasteiger partial charge in [-0.3, -0.25) is 0 Å². The Hall–Kier alpha value is -0.0400. The number of hydrogen-bond donors (Lipinski definition) is 1. The lowest BCUT2D eigenvalue weighted by Crippen LogP contribution is -2.38. The Labute approximate surface area is 166 Å². The summed E-state index contributed by atoms with van der Waals surface area (Å²) in [5, 5.41) is 3.94. The van der Waals surface area contributed by atoms with Crippen LogP contribution in [0.1, 0.15) is 107 Å². The molecule has 1 N–H and O–H groups in total. The topological polar surface area (TPSA) is 12.0 Å². The van der Waals surface area contributed by atoms with Crippen LogP contribution in [0, 0.1) is 41.4 Å². The summed E-state index contributed by atoms with van der Waals surface area (Å²) in [5.74, 6) is 6.10.